The van der Waals surface area contributed by atoms with Crippen LogP contribution in [0.3, 0.4) is 0 Å². The zero-order chi connectivity index (χ0) is 11.8. The molecule has 6 heteroatoms. The van der Waals surface area contributed by atoms with Gasteiger partial charge in [-0.3, -0.25) is 4.79 Å². The fraction of sp³-hybridized carbons (Fsp3) is 0.556. The van der Waals surface area contributed by atoms with E-state index in [1.807, 2.05) is 0 Å². The Morgan fingerprint density at radius 1 is 1.33 bits per heavy atom. The predicted octanol–water partition coefficient (Wildman–Crippen LogP) is 1.65. The standard InChI is InChI=1S/C9H12Cl2O4/c1-6(9(14)15-5-4-11)7(2-3-10)8(12)13/h7H,1-5H2,(H,12,13). The van der Waals surface area contributed by atoms with Gasteiger partial charge in [-0.2, -0.15) is 0 Å². The predicted molar refractivity (Wildman–Crippen MR) is 57.3 cm³/mol. The second kappa shape index (κ2) is 7.54. The number of rotatable bonds is 7. The Bertz CT molecular complexity index is 252. The van der Waals surface area contributed by atoms with Crippen molar-refractivity contribution in [3.8, 4) is 0 Å². The Morgan fingerprint density at radius 3 is 2.33 bits per heavy atom. The number of carboxylic acid groups (broad SMARTS) is 1. The summed E-state index contributed by atoms with van der Waals surface area (Å²) in [6.07, 6.45) is 0.145. The number of ether oxygens (including phenoxy) is 1. The first-order chi connectivity index (χ1) is 7.04. The van der Waals surface area contributed by atoms with E-state index in [4.69, 9.17) is 28.3 Å². The van der Waals surface area contributed by atoms with Crippen LogP contribution < -0.4 is 0 Å². The van der Waals surface area contributed by atoms with Gasteiger partial charge in [-0.15, -0.1) is 23.2 Å². The minimum Gasteiger partial charge on any atom is -0.481 e. The van der Waals surface area contributed by atoms with Gasteiger partial charge in [-0.1, -0.05) is 6.58 Å². The highest BCUT2D eigenvalue weighted by Gasteiger charge is 2.26. The van der Waals surface area contributed by atoms with Crippen LogP contribution in [-0.4, -0.2) is 35.4 Å². The largest absolute Gasteiger partial charge is 0.481 e. The zero-order valence-electron chi connectivity index (χ0n) is 8.04. The molecule has 0 rings (SSSR count). The number of carbonyl (C=O) groups excluding carboxylic acids is 1. The lowest BCUT2D eigenvalue weighted by molar-refractivity contribution is -0.145. The van der Waals surface area contributed by atoms with Gasteiger partial charge in [0.2, 0.25) is 0 Å². The average molecular weight is 255 g/mol. The van der Waals surface area contributed by atoms with Gasteiger partial charge in [0.25, 0.3) is 0 Å². The average Bonchev–Trinajstić information content (AvgIpc) is 2.21. The Balaban J connectivity index is 4.36. The van der Waals surface area contributed by atoms with Crippen molar-refractivity contribution < 1.29 is 19.4 Å². The van der Waals surface area contributed by atoms with E-state index in [1.165, 1.54) is 0 Å². The molecule has 0 amide bonds. The van der Waals surface area contributed by atoms with Crippen molar-refractivity contribution in [1.29, 1.82) is 0 Å². The molecule has 0 aromatic heterocycles. The molecule has 15 heavy (non-hydrogen) atoms. The third-order valence-electron chi connectivity index (χ3n) is 1.69. The lowest BCUT2D eigenvalue weighted by Gasteiger charge is -2.12. The number of hydrogen-bond acceptors (Lipinski definition) is 3. The summed E-state index contributed by atoms with van der Waals surface area (Å²) >= 11 is 10.7. The van der Waals surface area contributed by atoms with E-state index >= 15 is 0 Å². The van der Waals surface area contributed by atoms with E-state index in [0.29, 0.717) is 0 Å². The Morgan fingerprint density at radius 2 is 1.93 bits per heavy atom. The summed E-state index contributed by atoms with van der Waals surface area (Å²) in [6.45, 7) is 3.42. The SMILES string of the molecule is C=C(C(=O)OCCCl)C(CCCl)C(=O)O. The second-order valence-corrected chi connectivity index (χ2v) is 3.47. The van der Waals surface area contributed by atoms with Gasteiger partial charge in [0.15, 0.2) is 0 Å². The maximum absolute atomic E-state index is 11.2. The molecular formula is C9H12Cl2O4. The molecule has 0 fully saturated rings. The maximum atomic E-state index is 11.2. The summed E-state index contributed by atoms with van der Waals surface area (Å²) in [6, 6.07) is 0. The highest BCUT2D eigenvalue weighted by Crippen LogP contribution is 2.16. The summed E-state index contributed by atoms with van der Waals surface area (Å²) in [5.74, 6) is -2.58. The van der Waals surface area contributed by atoms with Crippen molar-refractivity contribution in [3.05, 3.63) is 12.2 Å². The molecule has 0 radical (unpaired) electrons. The molecule has 0 aliphatic heterocycles. The Hall–Kier alpha value is -0.740. The summed E-state index contributed by atoms with van der Waals surface area (Å²) in [7, 11) is 0. The molecule has 0 bridgehead atoms. The molecular weight excluding hydrogens is 243 g/mol. The number of carboxylic acids is 1. The van der Waals surface area contributed by atoms with Crippen molar-refractivity contribution in [2.24, 2.45) is 5.92 Å². The maximum Gasteiger partial charge on any atom is 0.334 e. The first kappa shape index (κ1) is 14.3. The van der Waals surface area contributed by atoms with Crippen LogP contribution in [0.1, 0.15) is 6.42 Å². The van der Waals surface area contributed by atoms with Gasteiger partial charge in [0.1, 0.15) is 6.61 Å². The van der Waals surface area contributed by atoms with E-state index in [-0.39, 0.29) is 30.4 Å². The summed E-state index contributed by atoms with van der Waals surface area (Å²) in [5, 5.41) is 8.80. The van der Waals surface area contributed by atoms with Gasteiger partial charge in [-0.25, -0.2) is 4.79 Å². The highest BCUT2D eigenvalue weighted by molar-refractivity contribution is 6.18. The number of hydrogen-bond donors (Lipinski definition) is 1. The fourth-order valence-electron chi connectivity index (χ4n) is 0.922. The topological polar surface area (TPSA) is 63.6 Å². The molecule has 0 aliphatic carbocycles. The highest BCUT2D eigenvalue weighted by atomic mass is 35.5. The van der Waals surface area contributed by atoms with E-state index in [1.54, 1.807) is 0 Å². The second-order valence-electron chi connectivity index (χ2n) is 2.72. The van der Waals surface area contributed by atoms with Crippen LogP contribution in [0.5, 0.6) is 0 Å². The van der Waals surface area contributed by atoms with Crippen molar-refractivity contribution in [1.82, 2.24) is 0 Å². The summed E-state index contributed by atoms with van der Waals surface area (Å²) in [4.78, 5) is 22.0. The molecule has 0 saturated carbocycles. The quantitative estimate of drug-likeness (QED) is 0.427. The zero-order valence-corrected chi connectivity index (χ0v) is 9.55. The molecule has 0 spiro atoms. The van der Waals surface area contributed by atoms with Crippen LogP contribution in [0, 0.1) is 5.92 Å². The minimum atomic E-state index is -1.14. The number of carbonyl (C=O) groups is 2. The molecule has 0 saturated heterocycles. The van der Waals surface area contributed by atoms with Gasteiger partial charge in [0, 0.05) is 11.5 Å². The smallest absolute Gasteiger partial charge is 0.334 e. The lowest BCUT2D eigenvalue weighted by atomic mass is 9.98. The number of aliphatic carboxylic acids is 1. The molecule has 0 aromatic rings. The van der Waals surface area contributed by atoms with Crippen LogP contribution in [0.2, 0.25) is 0 Å². The summed E-state index contributed by atoms with van der Waals surface area (Å²) in [5.41, 5.74) is -0.103. The van der Waals surface area contributed by atoms with Gasteiger partial charge in [0.05, 0.1) is 11.8 Å². The van der Waals surface area contributed by atoms with E-state index in [2.05, 4.69) is 11.3 Å². The third-order valence-corrected chi connectivity index (χ3v) is 2.06. The number of alkyl halides is 2. The van der Waals surface area contributed by atoms with Gasteiger partial charge >= 0.3 is 11.9 Å². The Kier molecular flexibility index (Phi) is 7.17. The van der Waals surface area contributed by atoms with Crippen molar-refractivity contribution in [2.45, 2.75) is 6.42 Å². The molecule has 1 atom stereocenters. The first-order valence-electron chi connectivity index (χ1n) is 4.25. The normalized spacial score (nSPS) is 11.9. The van der Waals surface area contributed by atoms with Gasteiger partial charge in [-0.05, 0) is 6.42 Å². The van der Waals surface area contributed by atoms with E-state index < -0.39 is 17.9 Å². The lowest BCUT2D eigenvalue weighted by Crippen LogP contribution is -2.23. The monoisotopic (exact) mass is 254 g/mol. The molecule has 0 heterocycles. The molecule has 1 unspecified atom stereocenters. The van der Waals surface area contributed by atoms with Crippen LogP contribution in [0.25, 0.3) is 0 Å². The molecule has 1 N–H and O–H groups in total. The van der Waals surface area contributed by atoms with E-state index in [9.17, 15) is 9.59 Å². The molecule has 86 valence electrons. The van der Waals surface area contributed by atoms with Crippen LogP contribution in [0.4, 0.5) is 0 Å². The third kappa shape index (κ3) is 5.04. The van der Waals surface area contributed by atoms with Gasteiger partial charge < -0.3 is 9.84 Å². The fourth-order valence-corrected chi connectivity index (χ4v) is 1.22. The van der Waals surface area contributed by atoms with Crippen LogP contribution >= 0.6 is 23.2 Å². The van der Waals surface area contributed by atoms with E-state index in [0.717, 1.165) is 0 Å². The Labute approximate surface area is 97.8 Å². The first-order valence-corrected chi connectivity index (χ1v) is 5.32. The van der Waals surface area contributed by atoms with Crippen molar-refractivity contribution >= 4 is 35.1 Å². The molecule has 0 aliphatic rings. The number of halogens is 2. The number of esters is 1. The minimum absolute atomic E-state index is 0.0343. The summed E-state index contributed by atoms with van der Waals surface area (Å²) < 4.78 is 4.65. The van der Waals surface area contributed by atoms with Crippen LogP contribution in [0.15, 0.2) is 12.2 Å². The van der Waals surface area contributed by atoms with Crippen molar-refractivity contribution in [3.63, 3.8) is 0 Å². The molecule has 4 nitrogen and oxygen atoms in total. The van der Waals surface area contributed by atoms with Crippen molar-refractivity contribution in [2.75, 3.05) is 18.4 Å². The van der Waals surface area contributed by atoms with Crippen LogP contribution in [-0.2, 0) is 14.3 Å². The molecule has 0 aromatic carbocycles.